The van der Waals surface area contributed by atoms with Gasteiger partial charge >= 0.3 is 0 Å². The average molecular weight is 246 g/mol. The fourth-order valence-electron chi connectivity index (χ4n) is 1.90. The summed E-state index contributed by atoms with van der Waals surface area (Å²) in [6.45, 7) is 0. The second kappa shape index (κ2) is 5.36. The summed E-state index contributed by atoms with van der Waals surface area (Å²) < 4.78 is 1.88. The van der Waals surface area contributed by atoms with Crippen molar-refractivity contribution >= 4 is 12.2 Å². The van der Waals surface area contributed by atoms with Crippen LogP contribution in [0.25, 0.3) is 17.8 Å². The van der Waals surface area contributed by atoms with Crippen LogP contribution in [0.3, 0.4) is 0 Å². The highest BCUT2D eigenvalue weighted by Gasteiger charge is 1.97. The van der Waals surface area contributed by atoms with Crippen LogP contribution in [0.2, 0.25) is 0 Å². The number of para-hydroxylation sites is 1. The number of aromatic nitrogens is 2. The van der Waals surface area contributed by atoms with Crippen molar-refractivity contribution in [1.82, 2.24) is 9.78 Å². The third-order valence-electron chi connectivity index (χ3n) is 2.88. The molecule has 0 amide bonds. The number of rotatable bonds is 3. The third-order valence-corrected chi connectivity index (χ3v) is 2.88. The standard InChI is InChI=1S/C17H14N2/c1-3-7-15(8-4-1)11-12-16-13-14-19(18-16)17-9-5-2-6-10-17/h1-14H. The lowest BCUT2D eigenvalue weighted by Gasteiger charge is -1.98. The van der Waals surface area contributed by atoms with Gasteiger partial charge in [-0.15, -0.1) is 0 Å². The van der Waals surface area contributed by atoms with Gasteiger partial charge in [0, 0.05) is 6.20 Å². The molecule has 0 radical (unpaired) electrons. The number of hydrogen-bond acceptors (Lipinski definition) is 1. The van der Waals surface area contributed by atoms with Crippen LogP contribution >= 0.6 is 0 Å². The van der Waals surface area contributed by atoms with Crippen LogP contribution in [-0.4, -0.2) is 9.78 Å². The second-order valence-electron chi connectivity index (χ2n) is 4.26. The summed E-state index contributed by atoms with van der Waals surface area (Å²) in [5.74, 6) is 0. The van der Waals surface area contributed by atoms with E-state index in [0.717, 1.165) is 11.4 Å². The first-order valence-corrected chi connectivity index (χ1v) is 6.26. The molecule has 0 spiro atoms. The van der Waals surface area contributed by atoms with Crippen LogP contribution in [0.5, 0.6) is 0 Å². The Bertz CT molecular complexity index is 667. The Kier molecular flexibility index (Phi) is 3.24. The molecule has 2 aromatic carbocycles. The quantitative estimate of drug-likeness (QED) is 0.682. The second-order valence-corrected chi connectivity index (χ2v) is 4.26. The molecule has 0 fully saturated rings. The maximum atomic E-state index is 4.53. The number of benzene rings is 2. The first kappa shape index (κ1) is 11.5. The molecule has 0 unspecified atom stereocenters. The van der Waals surface area contributed by atoms with E-state index >= 15 is 0 Å². The van der Waals surface area contributed by atoms with Gasteiger partial charge in [0.2, 0.25) is 0 Å². The van der Waals surface area contributed by atoms with E-state index in [1.165, 1.54) is 5.56 Å². The summed E-state index contributed by atoms with van der Waals surface area (Å²) in [6.07, 6.45) is 6.06. The highest BCUT2D eigenvalue weighted by Crippen LogP contribution is 2.09. The Morgan fingerprint density at radius 2 is 1.42 bits per heavy atom. The zero-order valence-electron chi connectivity index (χ0n) is 10.5. The minimum absolute atomic E-state index is 0.952. The Morgan fingerprint density at radius 1 is 0.737 bits per heavy atom. The summed E-state index contributed by atoms with van der Waals surface area (Å²) >= 11 is 0. The van der Waals surface area contributed by atoms with Crippen molar-refractivity contribution in [2.24, 2.45) is 0 Å². The van der Waals surface area contributed by atoms with Gasteiger partial charge in [0.1, 0.15) is 0 Å². The molecule has 0 N–H and O–H groups in total. The zero-order valence-corrected chi connectivity index (χ0v) is 10.5. The molecule has 0 saturated heterocycles. The van der Waals surface area contributed by atoms with Gasteiger partial charge in [-0.1, -0.05) is 54.6 Å². The first-order chi connectivity index (χ1) is 9.42. The van der Waals surface area contributed by atoms with E-state index in [-0.39, 0.29) is 0 Å². The molecule has 0 saturated carbocycles. The van der Waals surface area contributed by atoms with Crippen LogP contribution in [0.15, 0.2) is 72.9 Å². The summed E-state index contributed by atoms with van der Waals surface area (Å²) in [7, 11) is 0. The van der Waals surface area contributed by atoms with Crippen LogP contribution in [0.1, 0.15) is 11.3 Å². The fraction of sp³-hybridized carbons (Fsp3) is 0. The maximum absolute atomic E-state index is 4.53. The minimum Gasteiger partial charge on any atom is -0.240 e. The molecule has 2 heteroatoms. The molecule has 19 heavy (non-hydrogen) atoms. The zero-order chi connectivity index (χ0) is 12.9. The highest BCUT2D eigenvalue weighted by molar-refractivity contribution is 5.67. The van der Waals surface area contributed by atoms with Crippen molar-refractivity contribution in [2.75, 3.05) is 0 Å². The first-order valence-electron chi connectivity index (χ1n) is 6.26. The van der Waals surface area contributed by atoms with Crippen molar-refractivity contribution in [3.8, 4) is 5.69 Å². The smallest absolute Gasteiger partial charge is 0.0855 e. The summed E-state index contributed by atoms with van der Waals surface area (Å²) in [5.41, 5.74) is 3.20. The highest BCUT2D eigenvalue weighted by atomic mass is 15.3. The monoisotopic (exact) mass is 246 g/mol. The van der Waals surface area contributed by atoms with Crippen molar-refractivity contribution in [3.63, 3.8) is 0 Å². The molecule has 0 aliphatic heterocycles. The summed E-state index contributed by atoms with van der Waals surface area (Å²) in [4.78, 5) is 0. The van der Waals surface area contributed by atoms with Gasteiger partial charge in [0.05, 0.1) is 11.4 Å². The molecular weight excluding hydrogens is 232 g/mol. The van der Waals surface area contributed by atoms with Crippen LogP contribution in [0.4, 0.5) is 0 Å². The van der Waals surface area contributed by atoms with Gasteiger partial charge in [0.15, 0.2) is 0 Å². The van der Waals surface area contributed by atoms with E-state index in [4.69, 9.17) is 0 Å². The van der Waals surface area contributed by atoms with E-state index in [9.17, 15) is 0 Å². The molecule has 1 aromatic heterocycles. The van der Waals surface area contributed by atoms with Crippen molar-refractivity contribution < 1.29 is 0 Å². The predicted octanol–water partition coefficient (Wildman–Crippen LogP) is 4.04. The average Bonchev–Trinajstić information content (AvgIpc) is 2.96. The number of nitrogens with zero attached hydrogens (tertiary/aromatic N) is 2. The lowest BCUT2D eigenvalue weighted by atomic mass is 10.2. The van der Waals surface area contributed by atoms with E-state index in [0.29, 0.717) is 0 Å². The van der Waals surface area contributed by atoms with Crippen LogP contribution in [-0.2, 0) is 0 Å². The molecule has 0 atom stereocenters. The molecule has 3 rings (SSSR count). The van der Waals surface area contributed by atoms with E-state index in [1.54, 1.807) is 0 Å². The van der Waals surface area contributed by atoms with E-state index in [2.05, 4.69) is 23.3 Å². The molecule has 2 nitrogen and oxygen atoms in total. The number of hydrogen-bond donors (Lipinski definition) is 0. The molecule has 3 aromatic rings. The largest absolute Gasteiger partial charge is 0.240 e. The lowest BCUT2D eigenvalue weighted by molar-refractivity contribution is 0.876. The Balaban J connectivity index is 1.81. The molecule has 0 aliphatic rings. The summed E-state index contributed by atoms with van der Waals surface area (Å²) in [5, 5.41) is 4.53. The van der Waals surface area contributed by atoms with Gasteiger partial charge in [-0.2, -0.15) is 5.10 Å². The molecule has 0 bridgehead atoms. The SMILES string of the molecule is C(=Cc1ccn(-c2ccccc2)n1)c1ccccc1. The minimum atomic E-state index is 0.952. The van der Waals surface area contributed by atoms with Gasteiger partial charge in [0.25, 0.3) is 0 Å². The normalized spacial score (nSPS) is 10.9. The predicted molar refractivity (Wildman–Crippen MR) is 78.9 cm³/mol. The molecule has 0 aliphatic carbocycles. The maximum Gasteiger partial charge on any atom is 0.0855 e. The molecular formula is C17H14N2. The van der Waals surface area contributed by atoms with Crippen molar-refractivity contribution in [3.05, 3.63) is 84.2 Å². The van der Waals surface area contributed by atoms with Gasteiger partial charge < -0.3 is 0 Å². The lowest BCUT2D eigenvalue weighted by Crippen LogP contribution is -1.93. The third kappa shape index (κ3) is 2.80. The van der Waals surface area contributed by atoms with E-state index < -0.39 is 0 Å². The topological polar surface area (TPSA) is 17.8 Å². The van der Waals surface area contributed by atoms with Crippen molar-refractivity contribution in [1.29, 1.82) is 0 Å². The van der Waals surface area contributed by atoms with Crippen LogP contribution in [0, 0.1) is 0 Å². The van der Waals surface area contributed by atoms with E-state index in [1.807, 2.05) is 71.6 Å². The Labute approximate surface area is 112 Å². The Hall–Kier alpha value is -2.61. The van der Waals surface area contributed by atoms with Gasteiger partial charge in [-0.05, 0) is 29.8 Å². The summed E-state index contributed by atoms with van der Waals surface area (Å²) in [6, 6.07) is 22.3. The molecule has 1 heterocycles. The van der Waals surface area contributed by atoms with Gasteiger partial charge in [-0.3, -0.25) is 0 Å². The van der Waals surface area contributed by atoms with Crippen molar-refractivity contribution in [2.45, 2.75) is 0 Å². The van der Waals surface area contributed by atoms with Gasteiger partial charge in [-0.25, -0.2) is 4.68 Å². The Morgan fingerprint density at radius 3 is 2.16 bits per heavy atom. The van der Waals surface area contributed by atoms with Crippen LogP contribution < -0.4 is 0 Å². The fourth-order valence-corrected chi connectivity index (χ4v) is 1.90. The molecule has 92 valence electrons.